The van der Waals surface area contributed by atoms with Gasteiger partial charge in [-0.1, -0.05) is 23.4 Å². The first-order chi connectivity index (χ1) is 8.69. The summed E-state index contributed by atoms with van der Waals surface area (Å²) in [5, 5.41) is 12.3. The third-order valence-corrected chi connectivity index (χ3v) is 3.23. The minimum Gasteiger partial charge on any atom is -0.411 e. The van der Waals surface area contributed by atoms with Gasteiger partial charge in [0.05, 0.1) is 11.4 Å². The molecule has 5 nitrogen and oxygen atoms in total. The molecular formula is C13H17N3O2. The van der Waals surface area contributed by atoms with E-state index < -0.39 is 0 Å². The molecule has 1 aliphatic heterocycles. The van der Waals surface area contributed by atoms with Crippen LogP contribution >= 0.6 is 0 Å². The third-order valence-electron chi connectivity index (χ3n) is 3.23. The lowest BCUT2D eigenvalue weighted by Gasteiger charge is -2.32. The molecule has 96 valence electrons. The molecule has 0 spiro atoms. The number of hydrogen-bond acceptors (Lipinski definition) is 3. The fourth-order valence-corrected chi connectivity index (χ4v) is 2.07. The van der Waals surface area contributed by atoms with Crippen LogP contribution in [0, 0.1) is 0 Å². The van der Waals surface area contributed by atoms with Crippen LogP contribution in [-0.4, -0.2) is 42.0 Å². The maximum atomic E-state index is 12.2. The van der Waals surface area contributed by atoms with Crippen molar-refractivity contribution >= 4 is 17.4 Å². The monoisotopic (exact) mass is 247 g/mol. The van der Waals surface area contributed by atoms with E-state index in [4.69, 9.17) is 5.21 Å². The van der Waals surface area contributed by atoms with E-state index in [1.165, 1.54) is 0 Å². The second-order valence-corrected chi connectivity index (χ2v) is 4.26. The predicted octanol–water partition coefficient (Wildman–Crippen LogP) is 2.15. The van der Waals surface area contributed by atoms with Crippen molar-refractivity contribution in [1.29, 1.82) is 0 Å². The van der Waals surface area contributed by atoms with Crippen LogP contribution in [0.3, 0.4) is 0 Å². The Morgan fingerprint density at radius 1 is 1.50 bits per heavy atom. The summed E-state index contributed by atoms with van der Waals surface area (Å²) in [5.74, 6) is 0. The Labute approximate surface area is 106 Å². The number of urea groups is 1. The number of hydrogen-bond donors (Lipinski definition) is 1. The van der Waals surface area contributed by atoms with Crippen LogP contribution in [-0.2, 0) is 0 Å². The number of benzene rings is 1. The van der Waals surface area contributed by atoms with Crippen molar-refractivity contribution in [3.63, 3.8) is 0 Å². The number of rotatable bonds is 1. The van der Waals surface area contributed by atoms with Gasteiger partial charge in [-0.05, 0) is 13.0 Å². The number of carbonyl (C=O) groups is 1. The number of oxime groups is 1. The quantitative estimate of drug-likeness (QED) is 0.610. The van der Waals surface area contributed by atoms with Gasteiger partial charge >= 0.3 is 6.03 Å². The van der Waals surface area contributed by atoms with E-state index in [-0.39, 0.29) is 6.03 Å². The van der Waals surface area contributed by atoms with E-state index in [1.807, 2.05) is 31.2 Å². The summed E-state index contributed by atoms with van der Waals surface area (Å²) in [6.45, 7) is 3.15. The molecule has 0 saturated carbocycles. The summed E-state index contributed by atoms with van der Waals surface area (Å²) in [5.41, 5.74) is 2.26. The second kappa shape index (κ2) is 5.08. The standard InChI is InChI=1S/C13H17N3O2/c1-3-15(2)13(17)16-9-8-11(14-18)10-6-4-5-7-12(10)16/h4-7,18H,3,8-9H2,1-2H3. The highest BCUT2D eigenvalue weighted by atomic mass is 16.4. The van der Waals surface area contributed by atoms with Gasteiger partial charge in [0.2, 0.25) is 0 Å². The molecular weight excluding hydrogens is 230 g/mol. The molecule has 1 aliphatic rings. The molecule has 0 atom stereocenters. The molecule has 18 heavy (non-hydrogen) atoms. The number of carbonyl (C=O) groups excluding carboxylic acids is 1. The van der Waals surface area contributed by atoms with Crippen LogP contribution in [0.15, 0.2) is 29.4 Å². The van der Waals surface area contributed by atoms with E-state index in [9.17, 15) is 4.79 Å². The molecule has 0 saturated heterocycles. The summed E-state index contributed by atoms with van der Waals surface area (Å²) < 4.78 is 0. The number of fused-ring (bicyclic) bond motifs is 1. The molecule has 2 rings (SSSR count). The van der Waals surface area contributed by atoms with Crippen molar-refractivity contribution in [2.24, 2.45) is 5.16 Å². The smallest absolute Gasteiger partial charge is 0.324 e. The Hall–Kier alpha value is -2.04. The van der Waals surface area contributed by atoms with Crippen LogP contribution in [0.25, 0.3) is 0 Å². The second-order valence-electron chi connectivity index (χ2n) is 4.26. The van der Waals surface area contributed by atoms with Gasteiger partial charge in [0.25, 0.3) is 0 Å². The van der Waals surface area contributed by atoms with Crippen LogP contribution in [0.4, 0.5) is 10.5 Å². The highest BCUT2D eigenvalue weighted by Crippen LogP contribution is 2.27. The van der Waals surface area contributed by atoms with Crippen LogP contribution in [0.1, 0.15) is 18.9 Å². The van der Waals surface area contributed by atoms with E-state index in [0.29, 0.717) is 25.2 Å². The number of amides is 2. The number of anilines is 1. The zero-order valence-corrected chi connectivity index (χ0v) is 10.6. The van der Waals surface area contributed by atoms with E-state index in [1.54, 1.807) is 16.8 Å². The average Bonchev–Trinajstić information content (AvgIpc) is 2.44. The first-order valence-electron chi connectivity index (χ1n) is 6.02. The highest BCUT2D eigenvalue weighted by molar-refractivity contribution is 6.10. The van der Waals surface area contributed by atoms with Crippen molar-refractivity contribution in [1.82, 2.24) is 4.90 Å². The molecule has 5 heteroatoms. The molecule has 1 heterocycles. The Kier molecular flexibility index (Phi) is 3.50. The molecule has 0 fully saturated rings. The highest BCUT2D eigenvalue weighted by Gasteiger charge is 2.27. The lowest BCUT2D eigenvalue weighted by Crippen LogP contribution is -2.44. The van der Waals surface area contributed by atoms with E-state index >= 15 is 0 Å². The Morgan fingerprint density at radius 2 is 2.22 bits per heavy atom. The molecule has 1 aromatic rings. The van der Waals surface area contributed by atoms with E-state index in [0.717, 1.165) is 11.3 Å². The van der Waals surface area contributed by atoms with Gasteiger partial charge < -0.3 is 10.1 Å². The fourth-order valence-electron chi connectivity index (χ4n) is 2.07. The van der Waals surface area contributed by atoms with Gasteiger partial charge in [0.15, 0.2) is 0 Å². The average molecular weight is 247 g/mol. The van der Waals surface area contributed by atoms with Gasteiger partial charge in [0.1, 0.15) is 0 Å². The van der Waals surface area contributed by atoms with Gasteiger partial charge in [-0.3, -0.25) is 4.90 Å². The van der Waals surface area contributed by atoms with Gasteiger partial charge in [-0.15, -0.1) is 0 Å². The normalized spacial score (nSPS) is 16.6. The SMILES string of the molecule is CCN(C)C(=O)N1CCC(=NO)c2ccccc21. The summed E-state index contributed by atoms with van der Waals surface area (Å²) in [6.07, 6.45) is 0.566. The summed E-state index contributed by atoms with van der Waals surface area (Å²) >= 11 is 0. The number of para-hydroxylation sites is 1. The predicted molar refractivity (Wildman–Crippen MR) is 70.4 cm³/mol. The minimum atomic E-state index is -0.0260. The zero-order valence-electron chi connectivity index (χ0n) is 10.6. The molecule has 1 aromatic carbocycles. The topological polar surface area (TPSA) is 56.1 Å². The van der Waals surface area contributed by atoms with Crippen LogP contribution in [0.5, 0.6) is 0 Å². The Balaban J connectivity index is 2.39. The van der Waals surface area contributed by atoms with Crippen molar-refractivity contribution in [2.45, 2.75) is 13.3 Å². The Bertz CT molecular complexity index is 485. The van der Waals surface area contributed by atoms with Crippen molar-refractivity contribution in [2.75, 3.05) is 25.0 Å². The lowest BCUT2D eigenvalue weighted by atomic mass is 10.00. The Morgan fingerprint density at radius 3 is 2.89 bits per heavy atom. The maximum Gasteiger partial charge on any atom is 0.324 e. The van der Waals surface area contributed by atoms with Crippen molar-refractivity contribution in [3.8, 4) is 0 Å². The molecule has 0 aromatic heterocycles. The molecule has 0 radical (unpaired) electrons. The van der Waals surface area contributed by atoms with Gasteiger partial charge in [-0.2, -0.15) is 0 Å². The zero-order chi connectivity index (χ0) is 13.1. The van der Waals surface area contributed by atoms with E-state index in [2.05, 4.69) is 5.16 Å². The third kappa shape index (κ3) is 2.03. The maximum absolute atomic E-state index is 12.2. The largest absolute Gasteiger partial charge is 0.411 e. The lowest BCUT2D eigenvalue weighted by molar-refractivity contribution is 0.217. The fraction of sp³-hybridized carbons (Fsp3) is 0.385. The molecule has 1 N–H and O–H groups in total. The van der Waals surface area contributed by atoms with Gasteiger partial charge in [-0.25, -0.2) is 4.79 Å². The summed E-state index contributed by atoms with van der Waals surface area (Å²) in [7, 11) is 1.78. The van der Waals surface area contributed by atoms with Gasteiger partial charge in [0, 0.05) is 32.1 Å². The first-order valence-corrected chi connectivity index (χ1v) is 6.02. The first kappa shape index (κ1) is 12.4. The molecule has 0 bridgehead atoms. The summed E-state index contributed by atoms with van der Waals surface area (Å²) in [6, 6.07) is 7.48. The van der Waals surface area contributed by atoms with Crippen LogP contribution in [0.2, 0.25) is 0 Å². The molecule has 2 amide bonds. The summed E-state index contributed by atoms with van der Waals surface area (Å²) in [4.78, 5) is 15.6. The minimum absolute atomic E-state index is 0.0260. The molecule has 0 unspecified atom stereocenters. The van der Waals surface area contributed by atoms with Crippen molar-refractivity contribution < 1.29 is 10.0 Å². The number of nitrogens with zero attached hydrogens (tertiary/aromatic N) is 3. The molecule has 0 aliphatic carbocycles. The van der Waals surface area contributed by atoms with Crippen LogP contribution < -0.4 is 4.90 Å². The van der Waals surface area contributed by atoms with Crippen molar-refractivity contribution in [3.05, 3.63) is 29.8 Å².